The molecule has 0 atom stereocenters. The number of hydrogen-bond acceptors (Lipinski definition) is 4. The Bertz CT molecular complexity index is 895. The van der Waals surface area contributed by atoms with Gasteiger partial charge in [0, 0.05) is 6.42 Å². The van der Waals surface area contributed by atoms with Gasteiger partial charge in [-0.2, -0.15) is 0 Å². The molecule has 7 nitrogen and oxygen atoms in total. The summed E-state index contributed by atoms with van der Waals surface area (Å²) in [5, 5.41) is 0. The second-order valence-corrected chi connectivity index (χ2v) is 4.91. The van der Waals surface area contributed by atoms with Crippen molar-refractivity contribution in [3.8, 4) is 0 Å². The van der Waals surface area contributed by atoms with E-state index in [4.69, 9.17) is 5.73 Å². The smallest absolute Gasteiger partial charge is 0.328 e. The minimum atomic E-state index is -0.685. The number of rotatable bonds is 4. The molecule has 0 aliphatic rings. The monoisotopic (exact) mass is 297 g/mol. The standard InChI is InChI=1S/C15H15N5O2/c1-2-10-17-11(13(16)21)12-14(18-10)20(15(22)19-12)8-9-6-4-3-5-7-9/h3-7H,2,8H2,1H3,(H2,16,21)(H,19,22). The van der Waals surface area contributed by atoms with Gasteiger partial charge < -0.3 is 10.7 Å². The lowest BCUT2D eigenvalue weighted by Gasteiger charge is -2.05. The number of carbonyl (C=O) groups excluding carboxylic acids is 1. The zero-order valence-corrected chi connectivity index (χ0v) is 12.0. The maximum Gasteiger partial charge on any atom is 0.328 e. The number of nitrogens with zero attached hydrogens (tertiary/aromatic N) is 3. The number of H-pyrrole nitrogens is 1. The van der Waals surface area contributed by atoms with Crippen LogP contribution in [0.15, 0.2) is 35.1 Å². The number of fused-ring (bicyclic) bond motifs is 1. The summed E-state index contributed by atoms with van der Waals surface area (Å²) in [4.78, 5) is 34.9. The van der Waals surface area contributed by atoms with Gasteiger partial charge in [0.25, 0.3) is 5.91 Å². The normalized spacial score (nSPS) is 11.0. The van der Waals surface area contributed by atoms with E-state index in [0.29, 0.717) is 24.4 Å². The predicted molar refractivity (Wildman–Crippen MR) is 81.6 cm³/mol. The van der Waals surface area contributed by atoms with Gasteiger partial charge in [0.05, 0.1) is 6.54 Å². The van der Waals surface area contributed by atoms with E-state index in [1.807, 2.05) is 37.3 Å². The lowest BCUT2D eigenvalue weighted by atomic mass is 10.2. The molecule has 0 fully saturated rings. The van der Waals surface area contributed by atoms with Crippen molar-refractivity contribution in [3.05, 3.63) is 57.9 Å². The zero-order valence-electron chi connectivity index (χ0n) is 12.0. The summed E-state index contributed by atoms with van der Waals surface area (Å²) >= 11 is 0. The molecule has 3 N–H and O–H groups in total. The highest BCUT2D eigenvalue weighted by molar-refractivity contribution is 6.01. The fourth-order valence-corrected chi connectivity index (χ4v) is 2.32. The number of nitrogens with one attached hydrogen (secondary N) is 1. The van der Waals surface area contributed by atoms with Crippen LogP contribution in [-0.2, 0) is 13.0 Å². The number of nitrogens with two attached hydrogens (primary N) is 1. The molecule has 3 aromatic rings. The summed E-state index contributed by atoms with van der Waals surface area (Å²) in [6.45, 7) is 2.23. The molecule has 0 saturated heterocycles. The molecule has 3 rings (SSSR count). The predicted octanol–water partition coefficient (Wildman–Crippen LogP) is 0.829. The average molecular weight is 297 g/mol. The minimum Gasteiger partial charge on any atom is -0.364 e. The highest BCUT2D eigenvalue weighted by atomic mass is 16.2. The van der Waals surface area contributed by atoms with E-state index in [0.717, 1.165) is 5.56 Å². The Morgan fingerprint density at radius 1 is 1.27 bits per heavy atom. The maximum absolute atomic E-state index is 12.2. The summed E-state index contributed by atoms with van der Waals surface area (Å²) in [5.41, 5.74) is 6.70. The number of imidazole rings is 1. The molecule has 2 heterocycles. The number of primary amides is 1. The van der Waals surface area contributed by atoms with Crippen molar-refractivity contribution in [1.29, 1.82) is 0 Å². The zero-order chi connectivity index (χ0) is 15.7. The van der Waals surface area contributed by atoms with Crippen molar-refractivity contribution >= 4 is 17.1 Å². The molecule has 0 aliphatic heterocycles. The molecule has 0 unspecified atom stereocenters. The third kappa shape index (κ3) is 2.37. The Morgan fingerprint density at radius 2 is 2.00 bits per heavy atom. The highest BCUT2D eigenvalue weighted by Gasteiger charge is 2.18. The number of amides is 1. The minimum absolute atomic E-state index is 0.0470. The van der Waals surface area contributed by atoms with Gasteiger partial charge in [0.15, 0.2) is 11.3 Å². The maximum atomic E-state index is 12.2. The quantitative estimate of drug-likeness (QED) is 0.743. The Morgan fingerprint density at radius 3 is 2.64 bits per heavy atom. The van der Waals surface area contributed by atoms with Gasteiger partial charge in [-0.1, -0.05) is 37.3 Å². The number of aromatic amines is 1. The van der Waals surface area contributed by atoms with Crippen LogP contribution in [0, 0.1) is 0 Å². The number of benzene rings is 1. The summed E-state index contributed by atoms with van der Waals surface area (Å²) in [5.74, 6) is -0.211. The molecule has 7 heteroatoms. The molecule has 0 aliphatic carbocycles. The van der Waals surface area contributed by atoms with Gasteiger partial charge in [0.1, 0.15) is 11.3 Å². The second-order valence-electron chi connectivity index (χ2n) is 4.91. The molecule has 1 amide bonds. The van der Waals surface area contributed by atoms with Crippen molar-refractivity contribution in [2.75, 3.05) is 0 Å². The van der Waals surface area contributed by atoms with Crippen LogP contribution in [0.5, 0.6) is 0 Å². The molecule has 0 saturated carbocycles. The molecule has 2 aromatic heterocycles. The first kappa shape index (κ1) is 14.0. The van der Waals surface area contributed by atoms with Crippen LogP contribution >= 0.6 is 0 Å². The third-order valence-corrected chi connectivity index (χ3v) is 3.40. The molecule has 0 spiro atoms. The molecular formula is C15H15N5O2. The molecule has 112 valence electrons. The van der Waals surface area contributed by atoms with E-state index in [2.05, 4.69) is 15.0 Å². The van der Waals surface area contributed by atoms with E-state index in [-0.39, 0.29) is 16.9 Å². The van der Waals surface area contributed by atoms with Crippen LogP contribution in [0.1, 0.15) is 28.8 Å². The third-order valence-electron chi connectivity index (χ3n) is 3.40. The van der Waals surface area contributed by atoms with Crippen LogP contribution in [0.4, 0.5) is 0 Å². The van der Waals surface area contributed by atoms with Crippen LogP contribution in [0.2, 0.25) is 0 Å². The number of hydrogen-bond donors (Lipinski definition) is 2. The van der Waals surface area contributed by atoms with E-state index in [9.17, 15) is 9.59 Å². The first-order valence-electron chi connectivity index (χ1n) is 6.93. The average Bonchev–Trinajstić information content (AvgIpc) is 2.83. The Balaban J connectivity index is 2.22. The van der Waals surface area contributed by atoms with Crippen molar-refractivity contribution in [1.82, 2.24) is 19.5 Å². The van der Waals surface area contributed by atoms with Gasteiger partial charge >= 0.3 is 5.69 Å². The van der Waals surface area contributed by atoms with Gasteiger partial charge in [-0.15, -0.1) is 0 Å². The van der Waals surface area contributed by atoms with Gasteiger partial charge in [-0.25, -0.2) is 14.8 Å². The number of aromatic nitrogens is 4. The fourth-order valence-electron chi connectivity index (χ4n) is 2.32. The van der Waals surface area contributed by atoms with Gasteiger partial charge in [-0.3, -0.25) is 9.36 Å². The largest absolute Gasteiger partial charge is 0.364 e. The summed E-state index contributed by atoms with van der Waals surface area (Å²) in [6, 6.07) is 9.54. The Labute approximate surface area is 125 Å². The van der Waals surface area contributed by atoms with Crippen LogP contribution in [0.25, 0.3) is 11.2 Å². The molecule has 0 bridgehead atoms. The summed E-state index contributed by atoms with van der Waals surface area (Å²) < 4.78 is 1.48. The molecule has 0 radical (unpaired) electrons. The van der Waals surface area contributed by atoms with Crippen molar-refractivity contribution in [2.45, 2.75) is 19.9 Å². The van der Waals surface area contributed by atoms with Crippen molar-refractivity contribution in [2.24, 2.45) is 5.73 Å². The van der Waals surface area contributed by atoms with Crippen molar-refractivity contribution in [3.63, 3.8) is 0 Å². The summed E-state index contributed by atoms with van der Waals surface area (Å²) in [6.07, 6.45) is 0.543. The first-order chi connectivity index (χ1) is 10.6. The van der Waals surface area contributed by atoms with Crippen LogP contribution in [0.3, 0.4) is 0 Å². The highest BCUT2D eigenvalue weighted by Crippen LogP contribution is 2.14. The van der Waals surface area contributed by atoms with Gasteiger partial charge in [-0.05, 0) is 5.56 Å². The SMILES string of the molecule is CCc1nc(C(N)=O)c2[nH]c(=O)n(Cc3ccccc3)c2n1. The first-order valence-corrected chi connectivity index (χ1v) is 6.93. The second kappa shape index (κ2) is 5.44. The van der Waals surface area contributed by atoms with E-state index in [1.165, 1.54) is 4.57 Å². The number of carbonyl (C=O) groups is 1. The Hall–Kier alpha value is -2.96. The Kier molecular flexibility index (Phi) is 3.46. The number of aryl methyl sites for hydroxylation is 1. The fraction of sp³-hybridized carbons (Fsp3) is 0.200. The van der Waals surface area contributed by atoms with Crippen LogP contribution < -0.4 is 11.4 Å². The summed E-state index contributed by atoms with van der Waals surface area (Å²) in [7, 11) is 0. The molecule has 22 heavy (non-hydrogen) atoms. The van der Waals surface area contributed by atoms with E-state index < -0.39 is 5.91 Å². The van der Waals surface area contributed by atoms with E-state index >= 15 is 0 Å². The molecular weight excluding hydrogens is 282 g/mol. The lowest BCUT2D eigenvalue weighted by Crippen LogP contribution is -2.18. The molecule has 1 aromatic carbocycles. The van der Waals surface area contributed by atoms with Gasteiger partial charge in [0.2, 0.25) is 0 Å². The topological polar surface area (TPSA) is 107 Å². The lowest BCUT2D eigenvalue weighted by molar-refractivity contribution is 0.0997. The van der Waals surface area contributed by atoms with E-state index in [1.54, 1.807) is 0 Å². The van der Waals surface area contributed by atoms with Crippen LogP contribution in [-0.4, -0.2) is 25.4 Å². The van der Waals surface area contributed by atoms with Crippen molar-refractivity contribution < 1.29 is 4.79 Å².